The maximum Gasteiger partial charge on any atom is 0.328 e. The van der Waals surface area contributed by atoms with Crippen LogP contribution in [0.3, 0.4) is 0 Å². The predicted molar refractivity (Wildman–Crippen MR) is 124 cm³/mol. The summed E-state index contributed by atoms with van der Waals surface area (Å²) in [6.45, 7) is 0.0538. The lowest BCUT2D eigenvalue weighted by molar-refractivity contribution is -0.142. The fourth-order valence-electron chi connectivity index (χ4n) is 3.69. The summed E-state index contributed by atoms with van der Waals surface area (Å²) in [5, 5.41) is 17.0. The Balaban J connectivity index is 1.61. The number of carboxylic acid groups (broad SMARTS) is 1. The Labute approximate surface area is 198 Å². The van der Waals surface area contributed by atoms with Crippen molar-refractivity contribution in [2.24, 2.45) is 0 Å². The molecule has 0 bridgehead atoms. The van der Waals surface area contributed by atoms with E-state index in [2.05, 4.69) is 16.0 Å². The number of nitrogens with zero attached hydrogens (tertiary/aromatic N) is 1. The number of aliphatic carboxylic acids is 1. The van der Waals surface area contributed by atoms with Crippen LogP contribution in [0.25, 0.3) is 0 Å². The first kappa shape index (κ1) is 25.2. The molecule has 0 aromatic heterocycles. The number of piperidine rings is 1. The minimum absolute atomic E-state index is 0.0706. The minimum Gasteiger partial charge on any atom is -0.480 e. The van der Waals surface area contributed by atoms with Crippen molar-refractivity contribution in [1.82, 2.24) is 20.3 Å². The molecule has 1 aliphatic rings. The molecule has 182 valence electrons. The van der Waals surface area contributed by atoms with E-state index >= 15 is 0 Å². The van der Waals surface area contributed by atoms with Crippen LogP contribution >= 0.6 is 0 Å². The summed E-state index contributed by atoms with van der Waals surface area (Å²) in [6.07, 6.45) is 1.51. The highest BCUT2D eigenvalue weighted by Crippen LogP contribution is 2.25. The molecule has 11 heteroatoms. The SMILES string of the molecule is O=C(NCc1ccccc1)NC[C@H](NC(=O)C1CCCCN1S(=O)(=O)c1ccccc1)C(=O)O. The minimum atomic E-state index is -3.93. The molecule has 2 aromatic rings. The van der Waals surface area contributed by atoms with Crippen molar-refractivity contribution < 1.29 is 27.9 Å². The predicted octanol–water partition coefficient (Wildman–Crippen LogP) is 1.30. The number of benzene rings is 2. The molecule has 1 heterocycles. The molecule has 3 rings (SSSR count). The zero-order valence-electron chi connectivity index (χ0n) is 18.5. The normalized spacial score (nSPS) is 17.4. The van der Waals surface area contributed by atoms with Gasteiger partial charge >= 0.3 is 12.0 Å². The van der Waals surface area contributed by atoms with Gasteiger partial charge in [0, 0.05) is 13.1 Å². The Hall–Kier alpha value is -3.44. The highest BCUT2D eigenvalue weighted by molar-refractivity contribution is 7.89. The van der Waals surface area contributed by atoms with Crippen molar-refractivity contribution in [3.8, 4) is 0 Å². The number of carbonyl (C=O) groups is 3. The van der Waals surface area contributed by atoms with Gasteiger partial charge in [0.1, 0.15) is 12.1 Å². The first-order chi connectivity index (χ1) is 16.3. The summed E-state index contributed by atoms with van der Waals surface area (Å²) in [6, 6.07) is 13.9. The van der Waals surface area contributed by atoms with Gasteiger partial charge in [0.05, 0.1) is 11.4 Å². The van der Waals surface area contributed by atoms with Gasteiger partial charge in [-0.05, 0) is 30.5 Å². The second-order valence-electron chi connectivity index (χ2n) is 7.89. The molecule has 10 nitrogen and oxygen atoms in total. The van der Waals surface area contributed by atoms with Crippen LogP contribution in [0.4, 0.5) is 4.79 Å². The van der Waals surface area contributed by atoms with E-state index in [0.717, 1.165) is 9.87 Å². The van der Waals surface area contributed by atoms with Gasteiger partial charge in [0.25, 0.3) is 0 Å². The van der Waals surface area contributed by atoms with Crippen LogP contribution in [0.5, 0.6) is 0 Å². The molecule has 0 spiro atoms. The van der Waals surface area contributed by atoms with Gasteiger partial charge in [0.2, 0.25) is 15.9 Å². The molecular weight excluding hydrogens is 460 g/mol. The second kappa shape index (κ2) is 11.6. The standard InChI is InChI=1S/C23H28N4O6S/c28-21(20-13-7-8-14-27(20)34(32,33)18-11-5-2-6-12-18)26-19(22(29)30)16-25-23(31)24-15-17-9-3-1-4-10-17/h1-6,9-12,19-20H,7-8,13-16H2,(H,26,28)(H,29,30)(H2,24,25,31)/t19-,20?/m0/s1. The highest BCUT2D eigenvalue weighted by atomic mass is 32.2. The third-order valence-electron chi connectivity index (χ3n) is 5.48. The van der Waals surface area contributed by atoms with Crippen LogP contribution in [-0.2, 0) is 26.2 Å². The van der Waals surface area contributed by atoms with Gasteiger partial charge in [-0.25, -0.2) is 18.0 Å². The molecule has 4 N–H and O–H groups in total. The summed E-state index contributed by atoms with van der Waals surface area (Å²) >= 11 is 0. The second-order valence-corrected chi connectivity index (χ2v) is 9.78. The number of carbonyl (C=O) groups excluding carboxylic acids is 2. The summed E-state index contributed by atoms with van der Waals surface area (Å²) in [4.78, 5) is 36.8. The third-order valence-corrected chi connectivity index (χ3v) is 7.41. The molecule has 34 heavy (non-hydrogen) atoms. The Bertz CT molecular complexity index is 1090. The van der Waals surface area contributed by atoms with Crippen LogP contribution in [0.2, 0.25) is 0 Å². The van der Waals surface area contributed by atoms with Crippen molar-refractivity contribution in [2.45, 2.75) is 42.8 Å². The van der Waals surface area contributed by atoms with Crippen molar-refractivity contribution in [1.29, 1.82) is 0 Å². The van der Waals surface area contributed by atoms with Crippen LogP contribution < -0.4 is 16.0 Å². The number of amides is 3. The molecular formula is C23H28N4O6S. The lowest BCUT2D eigenvalue weighted by atomic mass is 10.0. The van der Waals surface area contributed by atoms with Gasteiger partial charge in [-0.3, -0.25) is 4.79 Å². The summed E-state index contributed by atoms with van der Waals surface area (Å²) in [5.74, 6) is -2.05. The molecule has 1 unspecified atom stereocenters. The number of nitrogens with one attached hydrogen (secondary N) is 3. The molecule has 1 aliphatic heterocycles. The van der Waals surface area contributed by atoms with Crippen LogP contribution in [-0.4, -0.2) is 60.9 Å². The Morgan fingerprint density at radius 2 is 1.62 bits per heavy atom. The van der Waals surface area contributed by atoms with E-state index in [1.165, 1.54) is 12.1 Å². The molecule has 0 aliphatic carbocycles. The molecule has 2 aromatic carbocycles. The smallest absolute Gasteiger partial charge is 0.328 e. The topological polar surface area (TPSA) is 145 Å². The number of rotatable bonds is 9. The van der Waals surface area contributed by atoms with Gasteiger partial charge in [-0.1, -0.05) is 55.0 Å². The van der Waals surface area contributed by atoms with Gasteiger partial charge in [-0.15, -0.1) is 0 Å². The highest BCUT2D eigenvalue weighted by Gasteiger charge is 2.38. The van der Waals surface area contributed by atoms with Crippen molar-refractivity contribution in [2.75, 3.05) is 13.1 Å². The van der Waals surface area contributed by atoms with Gasteiger partial charge in [-0.2, -0.15) is 4.31 Å². The zero-order valence-corrected chi connectivity index (χ0v) is 19.3. The van der Waals surface area contributed by atoms with Crippen molar-refractivity contribution in [3.63, 3.8) is 0 Å². The van der Waals surface area contributed by atoms with E-state index in [-0.39, 0.29) is 31.0 Å². The third kappa shape index (κ3) is 6.55. The van der Waals surface area contributed by atoms with E-state index in [4.69, 9.17) is 0 Å². The first-order valence-electron chi connectivity index (χ1n) is 10.9. The van der Waals surface area contributed by atoms with E-state index < -0.39 is 40.0 Å². The Kier molecular flexibility index (Phi) is 8.61. The van der Waals surface area contributed by atoms with Gasteiger partial charge in [0.15, 0.2) is 0 Å². The number of hydrogen-bond acceptors (Lipinski definition) is 5. The molecule has 2 atom stereocenters. The molecule has 3 amide bonds. The lowest BCUT2D eigenvalue weighted by Crippen LogP contribution is -2.57. The average Bonchev–Trinajstić information content (AvgIpc) is 2.86. The number of hydrogen-bond donors (Lipinski definition) is 4. The largest absolute Gasteiger partial charge is 0.480 e. The summed E-state index contributed by atoms with van der Waals surface area (Å²) in [7, 11) is -3.93. The lowest BCUT2D eigenvalue weighted by Gasteiger charge is -2.34. The van der Waals surface area contributed by atoms with Crippen LogP contribution in [0.15, 0.2) is 65.6 Å². The Morgan fingerprint density at radius 1 is 0.971 bits per heavy atom. The number of sulfonamides is 1. The zero-order chi connectivity index (χ0) is 24.6. The van der Waals surface area contributed by atoms with E-state index in [0.29, 0.717) is 12.8 Å². The summed E-state index contributed by atoms with van der Waals surface area (Å²) in [5.41, 5.74) is 0.873. The van der Waals surface area contributed by atoms with Crippen molar-refractivity contribution >= 4 is 27.9 Å². The number of carboxylic acids is 1. The monoisotopic (exact) mass is 488 g/mol. The van der Waals surface area contributed by atoms with Gasteiger partial charge < -0.3 is 21.1 Å². The van der Waals surface area contributed by atoms with E-state index in [9.17, 15) is 27.9 Å². The van der Waals surface area contributed by atoms with E-state index in [1.807, 2.05) is 30.3 Å². The van der Waals surface area contributed by atoms with Crippen molar-refractivity contribution in [3.05, 3.63) is 66.2 Å². The fraction of sp³-hybridized carbons (Fsp3) is 0.348. The average molecular weight is 489 g/mol. The van der Waals surface area contributed by atoms with Crippen LogP contribution in [0.1, 0.15) is 24.8 Å². The number of urea groups is 1. The maximum absolute atomic E-state index is 13.1. The van der Waals surface area contributed by atoms with Crippen LogP contribution in [0, 0.1) is 0 Å². The molecule has 1 fully saturated rings. The maximum atomic E-state index is 13.1. The first-order valence-corrected chi connectivity index (χ1v) is 12.4. The molecule has 0 saturated carbocycles. The Morgan fingerprint density at radius 3 is 2.26 bits per heavy atom. The summed E-state index contributed by atoms with van der Waals surface area (Å²) < 4.78 is 27.3. The fourth-order valence-corrected chi connectivity index (χ4v) is 5.36. The van der Waals surface area contributed by atoms with E-state index in [1.54, 1.807) is 18.2 Å². The molecule has 1 saturated heterocycles. The quantitative estimate of drug-likeness (QED) is 0.419. The molecule has 0 radical (unpaired) electrons.